The van der Waals surface area contributed by atoms with E-state index in [0.29, 0.717) is 12.5 Å². The molecule has 0 amide bonds. The first kappa shape index (κ1) is 17.9. The molecule has 1 aliphatic carbocycles. The number of nitrogens with zero attached hydrogens (tertiary/aromatic N) is 6. The smallest absolute Gasteiger partial charge is 0.184 e. The van der Waals surface area contributed by atoms with Gasteiger partial charge in [0, 0.05) is 19.0 Å². The van der Waals surface area contributed by atoms with E-state index in [2.05, 4.69) is 46.5 Å². The Morgan fingerprint density at radius 2 is 1.89 bits per heavy atom. The first-order valence-electron chi connectivity index (χ1n) is 9.89. The van der Waals surface area contributed by atoms with Crippen LogP contribution in [0.25, 0.3) is 11.2 Å². The van der Waals surface area contributed by atoms with Crippen LogP contribution < -0.4 is 5.32 Å². The molecule has 2 heterocycles. The van der Waals surface area contributed by atoms with E-state index in [1.165, 1.54) is 18.4 Å². The molecule has 3 aromatic rings. The average molecular weight is 365 g/mol. The number of hydrogen-bond acceptors (Lipinski definition) is 6. The summed E-state index contributed by atoms with van der Waals surface area (Å²) in [6.07, 6.45) is 2.34. The molecule has 0 unspecified atom stereocenters. The zero-order valence-electron chi connectivity index (χ0n) is 16.1. The van der Waals surface area contributed by atoms with Gasteiger partial charge in [-0.15, -0.1) is 5.10 Å². The minimum atomic E-state index is 0.484. The summed E-state index contributed by atoms with van der Waals surface area (Å²) in [7, 11) is 0. The van der Waals surface area contributed by atoms with E-state index in [4.69, 9.17) is 9.97 Å². The van der Waals surface area contributed by atoms with Crippen molar-refractivity contribution < 1.29 is 0 Å². The number of aromatic nitrogens is 5. The Morgan fingerprint density at radius 1 is 1.11 bits per heavy atom. The molecule has 1 N–H and O–H groups in total. The number of likely N-dealkylation sites (N-methyl/N-ethyl adjacent to an activating group) is 1. The number of anilines is 1. The molecule has 1 aliphatic rings. The van der Waals surface area contributed by atoms with Crippen molar-refractivity contribution in [2.45, 2.75) is 39.2 Å². The Kier molecular flexibility index (Phi) is 5.29. The Morgan fingerprint density at radius 3 is 2.59 bits per heavy atom. The first-order valence-corrected chi connectivity index (χ1v) is 9.89. The van der Waals surface area contributed by atoms with E-state index in [-0.39, 0.29) is 0 Å². The Bertz CT molecular complexity index is 882. The largest absolute Gasteiger partial charge is 0.367 e. The summed E-state index contributed by atoms with van der Waals surface area (Å²) in [6, 6.07) is 10.3. The van der Waals surface area contributed by atoms with Gasteiger partial charge in [0.2, 0.25) is 0 Å². The minimum Gasteiger partial charge on any atom is -0.367 e. The van der Waals surface area contributed by atoms with Crippen molar-refractivity contribution in [1.82, 2.24) is 29.9 Å². The van der Waals surface area contributed by atoms with E-state index in [1.807, 2.05) is 22.9 Å². The zero-order valence-corrected chi connectivity index (χ0v) is 16.1. The van der Waals surface area contributed by atoms with E-state index < -0.39 is 0 Å². The molecule has 27 heavy (non-hydrogen) atoms. The number of nitrogens with one attached hydrogen (secondary N) is 1. The van der Waals surface area contributed by atoms with Crippen LogP contribution in [0, 0.1) is 0 Å². The number of benzene rings is 1. The fraction of sp³-hybridized carbons (Fsp3) is 0.500. The standard InChI is InChI=1S/C20H27N7/c1-3-26(4-2)13-12-21-19-17-20(23-18(22-19)16-10-11-16)27(25-24-17)14-15-8-6-5-7-9-15/h5-9,16H,3-4,10-14H2,1-2H3,(H,21,22,23). The summed E-state index contributed by atoms with van der Waals surface area (Å²) in [5.41, 5.74) is 2.77. The molecule has 0 aliphatic heterocycles. The molecule has 7 nitrogen and oxygen atoms in total. The van der Waals surface area contributed by atoms with Crippen molar-refractivity contribution in [2.24, 2.45) is 0 Å². The lowest BCUT2D eigenvalue weighted by Gasteiger charge is -2.18. The van der Waals surface area contributed by atoms with Crippen molar-refractivity contribution in [2.75, 3.05) is 31.5 Å². The highest BCUT2D eigenvalue weighted by Gasteiger charge is 2.28. The van der Waals surface area contributed by atoms with Gasteiger partial charge in [-0.25, -0.2) is 14.6 Å². The van der Waals surface area contributed by atoms with Crippen molar-refractivity contribution >= 4 is 17.0 Å². The summed E-state index contributed by atoms with van der Waals surface area (Å²) in [4.78, 5) is 12.0. The molecule has 0 bridgehead atoms. The van der Waals surface area contributed by atoms with Gasteiger partial charge in [-0.1, -0.05) is 49.4 Å². The molecule has 4 rings (SSSR count). The monoisotopic (exact) mass is 365 g/mol. The van der Waals surface area contributed by atoms with Gasteiger partial charge in [0.15, 0.2) is 17.0 Å². The highest BCUT2D eigenvalue weighted by Crippen LogP contribution is 2.39. The molecule has 1 aromatic carbocycles. The van der Waals surface area contributed by atoms with Gasteiger partial charge in [-0.2, -0.15) is 0 Å². The zero-order chi connectivity index (χ0) is 18.6. The average Bonchev–Trinajstić information content (AvgIpc) is 3.48. The van der Waals surface area contributed by atoms with Crippen LogP contribution in [-0.4, -0.2) is 56.0 Å². The molecular weight excluding hydrogens is 338 g/mol. The highest BCUT2D eigenvalue weighted by atomic mass is 15.4. The molecule has 0 atom stereocenters. The predicted octanol–water partition coefficient (Wildman–Crippen LogP) is 2.90. The lowest BCUT2D eigenvalue weighted by Crippen LogP contribution is -2.28. The molecule has 0 radical (unpaired) electrons. The SMILES string of the molecule is CCN(CC)CCNc1nc(C2CC2)nc2c1nnn2Cc1ccccc1. The van der Waals surface area contributed by atoms with E-state index in [9.17, 15) is 0 Å². The van der Waals surface area contributed by atoms with Crippen LogP contribution in [-0.2, 0) is 6.54 Å². The fourth-order valence-corrected chi connectivity index (χ4v) is 3.26. The van der Waals surface area contributed by atoms with Crippen LogP contribution in [0.1, 0.15) is 44.0 Å². The third-order valence-corrected chi connectivity index (χ3v) is 5.11. The molecule has 2 aromatic heterocycles. The van der Waals surface area contributed by atoms with Gasteiger partial charge in [-0.3, -0.25) is 0 Å². The summed E-state index contributed by atoms with van der Waals surface area (Å²) in [5, 5.41) is 12.2. The third kappa shape index (κ3) is 4.08. The highest BCUT2D eigenvalue weighted by molar-refractivity contribution is 5.82. The number of hydrogen-bond donors (Lipinski definition) is 1. The van der Waals surface area contributed by atoms with Gasteiger partial charge in [-0.05, 0) is 31.5 Å². The van der Waals surface area contributed by atoms with Crippen molar-refractivity contribution in [3.05, 3.63) is 41.7 Å². The summed E-state index contributed by atoms with van der Waals surface area (Å²) in [5.74, 6) is 2.22. The lowest BCUT2D eigenvalue weighted by molar-refractivity contribution is 0.316. The van der Waals surface area contributed by atoms with Gasteiger partial charge in [0.05, 0.1) is 6.54 Å². The molecule has 1 fully saturated rings. The second-order valence-corrected chi connectivity index (χ2v) is 7.06. The van der Waals surface area contributed by atoms with E-state index in [0.717, 1.165) is 49.0 Å². The number of fused-ring (bicyclic) bond motifs is 1. The maximum absolute atomic E-state index is 4.81. The Balaban J connectivity index is 1.60. The molecule has 7 heteroatoms. The summed E-state index contributed by atoms with van der Waals surface area (Å²) < 4.78 is 1.88. The van der Waals surface area contributed by atoms with Gasteiger partial charge < -0.3 is 10.2 Å². The Labute approximate surface area is 159 Å². The molecular formula is C20H27N7. The molecule has 0 saturated heterocycles. The van der Waals surface area contributed by atoms with Crippen LogP contribution in [0.3, 0.4) is 0 Å². The van der Waals surface area contributed by atoms with Crippen LogP contribution in [0.5, 0.6) is 0 Å². The topological polar surface area (TPSA) is 71.8 Å². The van der Waals surface area contributed by atoms with Crippen molar-refractivity contribution in [3.8, 4) is 0 Å². The van der Waals surface area contributed by atoms with Crippen LogP contribution in [0.4, 0.5) is 5.82 Å². The van der Waals surface area contributed by atoms with E-state index in [1.54, 1.807) is 0 Å². The van der Waals surface area contributed by atoms with Crippen molar-refractivity contribution in [1.29, 1.82) is 0 Å². The van der Waals surface area contributed by atoms with Gasteiger partial charge >= 0.3 is 0 Å². The quantitative estimate of drug-likeness (QED) is 0.629. The minimum absolute atomic E-state index is 0.484. The predicted molar refractivity (Wildman–Crippen MR) is 107 cm³/mol. The summed E-state index contributed by atoms with van der Waals surface area (Å²) in [6.45, 7) is 8.96. The molecule has 0 spiro atoms. The molecule has 1 saturated carbocycles. The molecule has 142 valence electrons. The number of rotatable bonds is 9. The third-order valence-electron chi connectivity index (χ3n) is 5.11. The van der Waals surface area contributed by atoms with Gasteiger partial charge in [0.25, 0.3) is 0 Å². The lowest BCUT2D eigenvalue weighted by atomic mass is 10.2. The van der Waals surface area contributed by atoms with Crippen LogP contribution >= 0.6 is 0 Å². The summed E-state index contributed by atoms with van der Waals surface area (Å²) >= 11 is 0. The van der Waals surface area contributed by atoms with Crippen molar-refractivity contribution in [3.63, 3.8) is 0 Å². The first-order chi connectivity index (χ1) is 13.3. The van der Waals surface area contributed by atoms with Crippen LogP contribution in [0.2, 0.25) is 0 Å². The second kappa shape index (κ2) is 8.00. The maximum atomic E-state index is 4.81. The normalized spacial score (nSPS) is 14.2. The van der Waals surface area contributed by atoms with E-state index >= 15 is 0 Å². The van der Waals surface area contributed by atoms with Crippen LogP contribution in [0.15, 0.2) is 30.3 Å². The second-order valence-electron chi connectivity index (χ2n) is 7.06. The fourth-order valence-electron chi connectivity index (χ4n) is 3.26. The van der Waals surface area contributed by atoms with Gasteiger partial charge in [0.1, 0.15) is 5.82 Å². The maximum Gasteiger partial charge on any atom is 0.184 e. The Hall–Kier alpha value is -2.54.